The monoisotopic (exact) mass is 336 g/mol. The van der Waals surface area contributed by atoms with Gasteiger partial charge in [-0.05, 0) is 29.8 Å². The lowest BCUT2D eigenvalue weighted by atomic mass is 10.1. The normalized spacial score (nSPS) is 17.6. The molecule has 1 aliphatic rings. The standard InChI is InChI=1S/C19H20N4O2/c20-11-15-4-6-16(7-5-15)18-13-23(9-10-25-18)14-19(24)22-12-17-3-1-2-8-21-17/h1-8,18H,9-10,12-14H2,(H,22,24). The summed E-state index contributed by atoms with van der Waals surface area (Å²) >= 11 is 0. The van der Waals surface area contributed by atoms with E-state index in [0.717, 1.165) is 17.8 Å². The van der Waals surface area contributed by atoms with Crippen LogP contribution in [-0.2, 0) is 16.1 Å². The topological polar surface area (TPSA) is 78.3 Å². The average Bonchev–Trinajstić information content (AvgIpc) is 2.67. The molecule has 2 heterocycles. The maximum Gasteiger partial charge on any atom is 0.234 e. The number of carbonyl (C=O) groups excluding carboxylic acids is 1. The van der Waals surface area contributed by atoms with Crippen LogP contribution in [0.4, 0.5) is 0 Å². The molecule has 1 saturated heterocycles. The minimum absolute atomic E-state index is 0.0221. The van der Waals surface area contributed by atoms with Gasteiger partial charge in [0.2, 0.25) is 5.91 Å². The molecule has 0 radical (unpaired) electrons. The summed E-state index contributed by atoms with van der Waals surface area (Å²) in [5, 5.41) is 11.8. The van der Waals surface area contributed by atoms with Crippen molar-refractivity contribution in [3.8, 4) is 6.07 Å². The van der Waals surface area contributed by atoms with E-state index in [2.05, 4.69) is 21.3 Å². The summed E-state index contributed by atoms with van der Waals surface area (Å²) in [6, 6.07) is 15.1. The molecule has 25 heavy (non-hydrogen) atoms. The van der Waals surface area contributed by atoms with Crippen molar-refractivity contribution < 1.29 is 9.53 Å². The van der Waals surface area contributed by atoms with Gasteiger partial charge in [0, 0.05) is 19.3 Å². The first-order chi connectivity index (χ1) is 12.2. The zero-order chi connectivity index (χ0) is 17.5. The number of pyridine rings is 1. The molecule has 1 unspecified atom stereocenters. The molecule has 0 spiro atoms. The highest BCUT2D eigenvalue weighted by Crippen LogP contribution is 2.22. The van der Waals surface area contributed by atoms with Gasteiger partial charge >= 0.3 is 0 Å². The number of nitrogens with one attached hydrogen (secondary N) is 1. The van der Waals surface area contributed by atoms with Crippen molar-refractivity contribution >= 4 is 5.91 Å². The second-order valence-electron chi connectivity index (χ2n) is 5.93. The van der Waals surface area contributed by atoms with Gasteiger partial charge in [-0.15, -0.1) is 0 Å². The van der Waals surface area contributed by atoms with Gasteiger partial charge in [-0.3, -0.25) is 14.7 Å². The summed E-state index contributed by atoms with van der Waals surface area (Å²) in [5.41, 5.74) is 2.50. The van der Waals surface area contributed by atoms with Gasteiger partial charge in [-0.2, -0.15) is 5.26 Å². The number of hydrogen-bond donors (Lipinski definition) is 1. The first-order valence-corrected chi connectivity index (χ1v) is 8.25. The molecule has 2 aromatic rings. The summed E-state index contributed by atoms with van der Waals surface area (Å²) < 4.78 is 5.81. The van der Waals surface area contributed by atoms with Crippen LogP contribution in [-0.4, -0.2) is 42.0 Å². The SMILES string of the molecule is N#Cc1ccc(C2CN(CC(=O)NCc3ccccn3)CCO2)cc1. The van der Waals surface area contributed by atoms with Crippen molar-refractivity contribution in [3.63, 3.8) is 0 Å². The van der Waals surface area contributed by atoms with Crippen LogP contribution in [0.15, 0.2) is 48.7 Å². The molecule has 3 rings (SSSR count). The number of rotatable bonds is 5. The third kappa shape index (κ3) is 4.86. The van der Waals surface area contributed by atoms with Crippen LogP contribution in [0.5, 0.6) is 0 Å². The van der Waals surface area contributed by atoms with Gasteiger partial charge in [0.05, 0.1) is 43.1 Å². The fourth-order valence-electron chi connectivity index (χ4n) is 2.77. The Labute approximate surface area is 147 Å². The Kier molecular flexibility index (Phi) is 5.73. The Morgan fingerprint density at radius 3 is 2.88 bits per heavy atom. The molecule has 128 valence electrons. The summed E-state index contributed by atoms with van der Waals surface area (Å²) in [5.74, 6) is -0.0221. The number of hydrogen-bond acceptors (Lipinski definition) is 5. The van der Waals surface area contributed by atoms with Crippen LogP contribution in [0, 0.1) is 11.3 Å². The summed E-state index contributed by atoms with van der Waals surface area (Å²) in [6.45, 7) is 2.73. The number of morpholine rings is 1. The Morgan fingerprint density at radius 1 is 1.32 bits per heavy atom. The third-order valence-electron chi connectivity index (χ3n) is 4.12. The van der Waals surface area contributed by atoms with Crippen molar-refractivity contribution in [1.82, 2.24) is 15.2 Å². The van der Waals surface area contributed by atoms with Crippen LogP contribution in [0.3, 0.4) is 0 Å². The van der Waals surface area contributed by atoms with Crippen molar-refractivity contribution in [2.24, 2.45) is 0 Å². The largest absolute Gasteiger partial charge is 0.371 e. The molecule has 1 aliphatic heterocycles. The zero-order valence-corrected chi connectivity index (χ0v) is 13.9. The third-order valence-corrected chi connectivity index (χ3v) is 4.12. The number of carbonyl (C=O) groups is 1. The highest BCUT2D eigenvalue weighted by molar-refractivity contribution is 5.77. The lowest BCUT2D eigenvalue weighted by Crippen LogP contribution is -2.44. The number of amides is 1. The van der Waals surface area contributed by atoms with E-state index in [1.807, 2.05) is 30.3 Å². The molecule has 0 bridgehead atoms. The molecule has 1 N–H and O–H groups in total. The summed E-state index contributed by atoms with van der Waals surface area (Å²) in [6.07, 6.45) is 1.64. The number of aromatic nitrogens is 1. The highest BCUT2D eigenvalue weighted by atomic mass is 16.5. The fourth-order valence-corrected chi connectivity index (χ4v) is 2.77. The predicted molar refractivity (Wildman–Crippen MR) is 92.4 cm³/mol. The van der Waals surface area contributed by atoms with E-state index < -0.39 is 0 Å². The lowest BCUT2D eigenvalue weighted by molar-refractivity contribution is -0.124. The minimum atomic E-state index is -0.0786. The molecule has 6 nitrogen and oxygen atoms in total. The smallest absolute Gasteiger partial charge is 0.234 e. The van der Waals surface area contributed by atoms with E-state index in [1.165, 1.54) is 0 Å². The van der Waals surface area contributed by atoms with Crippen molar-refractivity contribution in [3.05, 3.63) is 65.5 Å². The fraction of sp³-hybridized carbons (Fsp3) is 0.316. The van der Waals surface area contributed by atoms with Gasteiger partial charge in [-0.25, -0.2) is 0 Å². The van der Waals surface area contributed by atoms with E-state index >= 15 is 0 Å². The minimum Gasteiger partial charge on any atom is -0.371 e. The summed E-state index contributed by atoms with van der Waals surface area (Å²) in [7, 11) is 0. The van der Waals surface area contributed by atoms with Gasteiger partial charge in [0.25, 0.3) is 0 Å². The molecule has 1 fully saturated rings. The zero-order valence-electron chi connectivity index (χ0n) is 13.9. The first-order valence-electron chi connectivity index (χ1n) is 8.25. The van der Waals surface area contributed by atoms with Crippen LogP contribution in [0.25, 0.3) is 0 Å². The molecular formula is C19H20N4O2. The number of ether oxygens (including phenoxy) is 1. The van der Waals surface area contributed by atoms with E-state index in [4.69, 9.17) is 10.00 Å². The average molecular weight is 336 g/mol. The van der Waals surface area contributed by atoms with Gasteiger partial charge in [0.15, 0.2) is 0 Å². The van der Waals surface area contributed by atoms with Crippen LogP contribution >= 0.6 is 0 Å². The van der Waals surface area contributed by atoms with Crippen molar-refractivity contribution in [2.75, 3.05) is 26.2 Å². The molecule has 1 aromatic heterocycles. The molecule has 1 aromatic carbocycles. The van der Waals surface area contributed by atoms with Crippen molar-refractivity contribution in [2.45, 2.75) is 12.6 Å². The Balaban J connectivity index is 1.50. The highest BCUT2D eigenvalue weighted by Gasteiger charge is 2.23. The Bertz CT molecular complexity index is 740. The molecule has 1 atom stereocenters. The second kappa shape index (κ2) is 8.38. The molecular weight excluding hydrogens is 316 g/mol. The molecule has 0 aliphatic carbocycles. The van der Waals surface area contributed by atoms with E-state index in [1.54, 1.807) is 18.3 Å². The first kappa shape index (κ1) is 17.1. The molecule has 1 amide bonds. The van der Waals surface area contributed by atoms with Crippen LogP contribution in [0.2, 0.25) is 0 Å². The van der Waals surface area contributed by atoms with Gasteiger partial charge in [0.1, 0.15) is 0 Å². The number of nitrogens with zero attached hydrogens (tertiary/aromatic N) is 3. The van der Waals surface area contributed by atoms with E-state index in [-0.39, 0.29) is 12.0 Å². The quantitative estimate of drug-likeness (QED) is 0.898. The van der Waals surface area contributed by atoms with Crippen LogP contribution in [0.1, 0.15) is 22.9 Å². The van der Waals surface area contributed by atoms with Gasteiger partial charge in [-0.1, -0.05) is 18.2 Å². The number of nitriles is 1. The molecule has 6 heteroatoms. The maximum absolute atomic E-state index is 12.2. The Morgan fingerprint density at radius 2 is 2.16 bits per heavy atom. The Hall–Kier alpha value is -2.75. The van der Waals surface area contributed by atoms with Gasteiger partial charge < -0.3 is 10.1 Å². The van der Waals surface area contributed by atoms with Crippen molar-refractivity contribution in [1.29, 1.82) is 5.26 Å². The van der Waals surface area contributed by atoms with E-state index in [0.29, 0.717) is 31.8 Å². The maximum atomic E-state index is 12.2. The van der Waals surface area contributed by atoms with Crippen LogP contribution < -0.4 is 5.32 Å². The number of benzene rings is 1. The molecule has 0 saturated carbocycles. The van der Waals surface area contributed by atoms with E-state index in [9.17, 15) is 4.79 Å². The summed E-state index contributed by atoms with van der Waals surface area (Å²) in [4.78, 5) is 18.4. The predicted octanol–water partition coefficient (Wildman–Crippen LogP) is 1.64. The lowest BCUT2D eigenvalue weighted by Gasteiger charge is -2.32. The second-order valence-corrected chi connectivity index (χ2v) is 5.93.